The lowest BCUT2D eigenvalue weighted by atomic mass is 10.2. The van der Waals surface area contributed by atoms with E-state index in [2.05, 4.69) is 15.2 Å². The quantitative estimate of drug-likeness (QED) is 0.606. The standard InChI is InChI=1S/C19H18N4O3S/c1-2-25-15-7-5-14(6-8-15)23-17(13-4-3-10-20-12-13)21-22-19(23)27-16-9-11-26-18(16)24/h3-8,10,12,16H,2,9,11H2,1H3. The Kier molecular flexibility index (Phi) is 5.06. The molecule has 1 aromatic carbocycles. The molecule has 2 aromatic heterocycles. The zero-order valence-corrected chi connectivity index (χ0v) is 15.6. The van der Waals surface area contributed by atoms with Gasteiger partial charge in [0.15, 0.2) is 11.0 Å². The molecule has 0 aliphatic carbocycles. The van der Waals surface area contributed by atoms with Gasteiger partial charge in [-0.05, 0) is 43.3 Å². The Morgan fingerprint density at radius 2 is 2.11 bits per heavy atom. The molecule has 1 aliphatic heterocycles. The molecule has 138 valence electrons. The summed E-state index contributed by atoms with van der Waals surface area (Å²) in [6, 6.07) is 11.5. The predicted octanol–water partition coefficient (Wildman–Crippen LogP) is 3.14. The summed E-state index contributed by atoms with van der Waals surface area (Å²) in [6.07, 6.45) is 4.13. The van der Waals surface area contributed by atoms with Gasteiger partial charge < -0.3 is 9.47 Å². The molecule has 0 bridgehead atoms. The molecule has 3 heterocycles. The molecule has 3 aromatic rings. The van der Waals surface area contributed by atoms with Crippen molar-refractivity contribution in [2.75, 3.05) is 13.2 Å². The Morgan fingerprint density at radius 1 is 1.26 bits per heavy atom. The van der Waals surface area contributed by atoms with Crippen LogP contribution >= 0.6 is 11.8 Å². The lowest BCUT2D eigenvalue weighted by Crippen LogP contribution is -2.11. The van der Waals surface area contributed by atoms with E-state index in [1.54, 1.807) is 12.4 Å². The molecule has 1 atom stereocenters. The van der Waals surface area contributed by atoms with Gasteiger partial charge in [0.1, 0.15) is 11.0 Å². The van der Waals surface area contributed by atoms with E-state index in [0.29, 0.717) is 30.6 Å². The smallest absolute Gasteiger partial charge is 0.319 e. The third-order valence-corrected chi connectivity index (χ3v) is 5.28. The molecule has 1 fully saturated rings. The third-order valence-electron chi connectivity index (χ3n) is 4.09. The summed E-state index contributed by atoms with van der Waals surface area (Å²) in [6.45, 7) is 3.00. The Balaban J connectivity index is 1.75. The largest absolute Gasteiger partial charge is 0.494 e. The number of nitrogens with zero attached hydrogens (tertiary/aromatic N) is 4. The SMILES string of the molecule is CCOc1ccc(-n2c(SC3CCOC3=O)nnc2-c2cccnc2)cc1. The molecule has 0 spiro atoms. The number of benzene rings is 1. The highest BCUT2D eigenvalue weighted by Crippen LogP contribution is 2.33. The molecular formula is C19H18N4O3S. The van der Waals surface area contributed by atoms with Crippen LogP contribution in [0.3, 0.4) is 0 Å². The highest BCUT2D eigenvalue weighted by Gasteiger charge is 2.30. The van der Waals surface area contributed by atoms with Crippen molar-refractivity contribution in [2.45, 2.75) is 23.8 Å². The Labute approximate surface area is 160 Å². The van der Waals surface area contributed by atoms with Crippen LogP contribution in [0, 0.1) is 0 Å². The average Bonchev–Trinajstić information content (AvgIpc) is 3.30. The van der Waals surface area contributed by atoms with Crippen LogP contribution in [0.1, 0.15) is 13.3 Å². The number of carbonyl (C=O) groups excluding carboxylic acids is 1. The molecule has 1 unspecified atom stereocenters. The van der Waals surface area contributed by atoms with Crippen molar-refractivity contribution < 1.29 is 14.3 Å². The zero-order chi connectivity index (χ0) is 18.6. The number of aromatic nitrogens is 4. The summed E-state index contributed by atoms with van der Waals surface area (Å²) in [5, 5.41) is 9.07. The second kappa shape index (κ2) is 7.79. The average molecular weight is 382 g/mol. The minimum absolute atomic E-state index is 0.204. The normalized spacial score (nSPS) is 16.3. The summed E-state index contributed by atoms with van der Waals surface area (Å²) in [4.78, 5) is 16.1. The Bertz CT molecular complexity index is 928. The van der Waals surface area contributed by atoms with Crippen LogP contribution in [0.2, 0.25) is 0 Å². The molecule has 0 amide bonds. The lowest BCUT2D eigenvalue weighted by Gasteiger charge is -2.12. The number of hydrogen-bond acceptors (Lipinski definition) is 7. The molecule has 8 heteroatoms. The van der Waals surface area contributed by atoms with E-state index < -0.39 is 0 Å². The van der Waals surface area contributed by atoms with Crippen molar-refractivity contribution in [1.82, 2.24) is 19.7 Å². The van der Waals surface area contributed by atoms with Crippen molar-refractivity contribution in [3.8, 4) is 22.8 Å². The maximum Gasteiger partial charge on any atom is 0.319 e. The molecule has 7 nitrogen and oxygen atoms in total. The van der Waals surface area contributed by atoms with Crippen LogP contribution in [-0.4, -0.2) is 44.2 Å². The van der Waals surface area contributed by atoms with Gasteiger partial charge in [0, 0.05) is 30.1 Å². The summed E-state index contributed by atoms with van der Waals surface area (Å²) in [7, 11) is 0. The maximum absolute atomic E-state index is 11.9. The van der Waals surface area contributed by atoms with E-state index >= 15 is 0 Å². The minimum atomic E-state index is -0.266. The fraction of sp³-hybridized carbons (Fsp3) is 0.263. The van der Waals surface area contributed by atoms with Gasteiger partial charge in [0.25, 0.3) is 0 Å². The second-order valence-corrected chi connectivity index (χ2v) is 7.04. The number of cyclic esters (lactones) is 1. The van der Waals surface area contributed by atoms with E-state index in [4.69, 9.17) is 9.47 Å². The highest BCUT2D eigenvalue weighted by atomic mass is 32.2. The van der Waals surface area contributed by atoms with E-state index in [-0.39, 0.29) is 11.2 Å². The molecule has 1 saturated heterocycles. The number of hydrogen-bond donors (Lipinski definition) is 0. The fourth-order valence-electron chi connectivity index (χ4n) is 2.83. The molecule has 0 radical (unpaired) electrons. The van der Waals surface area contributed by atoms with Gasteiger partial charge in [-0.25, -0.2) is 0 Å². The number of esters is 1. The van der Waals surface area contributed by atoms with E-state index in [0.717, 1.165) is 17.0 Å². The molecule has 27 heavy (non-hydrogen) atoms. The predicted molar refractivity (Wildman–Crippen MR) is 101 cm³/mol. The van der Waals surface area contributed by atoms with Gasteiger partial charge in [-0.2, -0.15) is 0 Å². The monoisotopic (exact) mass is 382 g/mol. The summed E-state index contributed by atoms with van der Waals surface area (Å²) in [5.41, 5.74) is 1.73. The van der Waals surface area contributed by atoms with Crippen LogP contribution in [-0.2, 0) is 9.53 Å². The second-order valence-electron chi connectivity index (χ2n) is 5.87. The first-order chi connectivity index (χ1) is 13.3. The minimum Gasteiger partial charge on any atom is -0.494 e. The summed E-state index contributed by atoms with van der Waals surface area (Å²) < 4.78 is 12.5. The Hall–Kier alpha value is -2.87. The van der Waals surface area contributed by atoms with Gasteiger partial charge >= 0.3 is 5.97 Å². The summed E-state index contributed by atoms with van der Waals surface area (Å²) >= 11 is 1.37. The number of pyridine rings is 1. The molecule has 0 saturated carbocycles. The van der Waals surface area contributed by atoms with Crippen molar-refractivity contribution in [2.24, 2.45) is 0 Å². The van der Waals surface area contributed by atoms with Crippen molar-refractivity contribution in [1.29, 1.82) is 0 Å². The van der Waals surface area contributed by atoms with Crippen LogP contribution < -0.4 is 4.74 Å². The van der Waals surface area contributed by atoms with Crippen LogP contribution in [0.15, 0.2) is 53.9 Å². The molecule has 4 rings (SSSR count). The number of rotatable bonds is 6. The third kappa shape index (κ3) is 3.66. The first-order valence-electron chi connectivity index (χ1n) is 8.68. The number of carbonyl (C=O) groups is 1. The highest BCUT2D eigenvalue weighted by molar-refractivity contribution is 8.00. The van der Waals surface area contributed by atoms with Crippen LogP contribution in [0.4, 0.5) is 0 Å². The molecule has 1 aliphatic rings. The van der Waals surface area contributed by atoms with Gasteiger partial charge in [-0.15, -0.1) is 10.2 Å². The topological polar surface area (TPSA) is 79.1 Å². The number of thioether (sulfide) groups is 1. The van der Waals surface area contributed by atoms with Crippen LogP contribution in [0.25, 0.3) is 17.1 Å². The maximum atomic E-state index is 11.9. The van der Waals surface area contributed by atoms with E-state index in [1.807, 2.05) is 47.9 Å². The zero-order valence-electron chi connectivity index (χ0n) is 14.7. The van der Waals surface area contributed by atoms with Gasteiger partial charge in [-0.3, -0.25) is 14.3 Å². The lowest BCUT2D eigenvalue weighted by molar-refractivity contribution is -0.137. The van der Waals surface area contributed by atoms with Gasteiger partial charge in [0.05, 0.1) is 13.2 Å². The first kappa shape index (κ1) is 17.5. The van der Waals surface area contributed by atoms with Gasteiger partial charge in [0.2, 0.25) is 0 Å². The number of ether oxygens (including phenoxy) is 2. The molecular weight excluding hydrogens is 364 g/mol. The van der Waals surface area contributed by atoms with E-state index in [9.17, 15) is 4.79 Å². The van der Waals surface area contributed by atoms with Crippen molar-refractivity contribution in [3.63, 3.8) is 0 Å². The Morgan fingerprint density at radius 3 is 2.78 bits per heavy atom. The van der Waals surface area contributed by atoms with Crippen molar-refractivity contribution in [3.05, 3.63) is 48.8 Å². The van der Waals surface area contributed by atoms with Gasteiger partial charge in [-0.1, -0.05) is 11.8 Å². The first-order valence-corrected chi connectivity index (χ1v) is 9.56. The van der Waals surface area contributed by atoms with E-state index in [1.165, 1.54) is 11.8 Å². The molecule has 0 N–H and O–H groups in total. The summed E-state index contributed by atoms with van der Waals surface area (Å²) in [5.74, 6) is 1.26. The fourth-order valence-corrected chi connectivity index (χ4v) is 3.85. The van der Waals surface area contributed by atoms with Crippen molar-refractivity contribution >= 4 is 17.7 Å². The van der Waals surface area contributed by atoms with Crippen LogP contribution in [0.5, 0.6) is 5.75 Å².